The summed E-state index contributed by atoms with van der Waals surface area (Å²) in [5, 5.41) is 8.98. The van der Waals surface area contributed by atoms with Crippen LogP contribution in [0, 0.1) is 5.41 Å². The summed E-state index contributed by atoms with van der Waals surface area (Å²) in [7, 11) is 1.65. The Hall–Kier alpha value is -0.570. The SMILES string of the molecule is CCC(C)(CCC(C)OC)C(=O)O. The number of rotatable bonds is 6. The highest BCUT2D eigenvalue weighted by Gasteiger charge is 2.30. The number of hydrogen-bond acceptors (Lipinski definition) is 2. The van der Waals surface area contributed by atoms with E-state index in [1.807, 2.05) is 13.8 Å². The van der Waals surface area contributed by atoms with Gasteiger partial charge in [0.2, 0.25) is 0 Å². The van der Waals surface area contributed by atoms with Crippen molar-refractivity contribution in [2.45, 2.75) is 46.1 Å². The highest BCUT2D eigenvalue weighted by atomic mass is 16.5. The van der Waals surface area contributed by atoms with Crippen LogP contribution in [-0.2, 0) is 9.53 Å². The molecular formula is C10H20O3. The lowest BCUT2D eigenvalue weighted by molar-refractivity contribution is -0.148. The third-order valence-electron chi connectivity index (χ3n) is 2.80. The van der Waals surface area contributed by atoms with Crippen LogP contribution in [0.1, 0.15) is 40.0 Å². The maximum Gasteiger partial charge on any atom is 0.309 e. The summed E-state index contributed by atoms with van der Waals surface area (Å²) >= 11 is 0. The molecule has 0 aromatic heterocycles. The molecule has 0 aliphatic heterocycles. The lowest BCUT2D eigenvalue weighted by Crippen LogP contribution is -2.28. The van der Waals surface area contributed by atoms with Crippen LogP contribution >= 0.6 is 0 Å². The molecule has 0 rings (SSSR count). The summed E-state index contributed by atoms with van der Waals surface area (Å²) in [5.41, 5.74) is -0.590. The van der Waals surface area contributed by atoms with E-state index >= 15 is 0 Å². The molecule has 0 radical (unpaired) electrons. The third kappa shape index (κ3) is 3.77. The second-order valence-electron chi connectivity index (χ2n) is 3.80. The summed E-state index contributed by atoms with van der Waals surface area (Å²) in [4.78, 5) is 10.9. The van der Waals surface area contributed by atoms with Gasteiger partial charge in [-0.05, 0) is 33.1 Å². The first-order valence-corrected chi connectivity index (χ1v) is 4.72. The molecule has 0 saturated heterocycles. The van der Waals surface area contributed by atoms with E-state index in [0.717, 1.165) is 6.42 Å². The smallest absolute Gasteiger partial charge is 0.309 e. The van der Waals surface area contributed by atoms with Crippen molar-refractivity contribution in [3.63, 3.8) is 0 Å². The molecule has 0 spiro atoms. The van der Waals surface area contributed by atoms with Crippen molar-refractivity contribution in [1.82, 2.24) is 0 Å². The number of methoxy groups -OCH3 is 1. The van der Waals surface area contributed by atoms with Gasteiger partial charge in [-0.2, -0.15) is 0 Å². The fourth-order valence-corrected chi connectivity index (χ4v) is 1.07. The zero-order valence-electron chi connectivity index (χ0n) is 8.96. The van der Waals surface area contributed by atoms with Crippen molar-refractivity contribution in [2.24, 2.45) is 5.41 Å². The molecular weight excluding hydrogens is 168 g/mol. The van der Waals surface area contributed by atoms with E-state index in [2.05, 4.69) is 0 Å². The second-order valence-corrected chi connectivity index (χ2v) is 3.80. The second kappa shape index (κ2) is 5.22. The molecule has 2 unspecified atom stereocenters. The van der Waals surface area contributed by atoms with Crippen molar-refractivity contribution in [1.29, 1.82) is 0 Å². The molecule has 13 heavy (non-hydrogen) atoms. The molecule has 0 aliphatic carbocycles. The minimum absolute atomic E-state index is 0.144. The van der Waals surface area contributed by atoms with Crippen molar-refractivity contribution in [3.05, 3.63) is 0 Å². The van der Waals surface area contributed by atoms with Gasteiger partial charge < -0.3 is 9.84 Å². The molecule has 1 N–H and O–H groups in total. The fraction of sp³-hybridized carbons (Fsp3) is 0.900. The summed E-state index contributed by atoms with van der Waals surface area (Å²) in [6.45, 7) is 5.65. The van der Waals surface area contributed by atoms with Crippen LogP contribution in [0.4, 0.5) is 0 Å². The van der Waals surface area contributed by atoms with E-state index < -0.39 is 11.4 Å². The minimum Gasteiger partial charge on any atom is -0.481 e. The Bertz CT molecular complexity index is 168. The van der Waals surface area contributed by atoms with Gasteiger partial charge >= 0.3 is 5.97 Å². The normalized spacial score (nSPS) is 17.8. The zero-order valence-corrected chi connectivity index (χ0v) is 8.96. The Morgan fingerprint density at radius 1 is 1.62 bits per heavy atom. The van der Waals surface area contributed by atoms with Gasteiger partial charge in [0, 0.05) is 7.11 Å². The summed E-state index contributed by atoms with van der Waals surface area (Å²) < 4.78 is 5.08. The van der Waals surface area contributed by atoms with E-state index in [9.17, 15) is 4.79 Å². The van der Waals surface area contributed by atoms with Gasteiger partial charge in [-0.15, -0.1) is 0 Å². The molecule has 0 bridgehead atoms. The number of carboxylic acid groups (broad SMARTS) is 1. The quantitative estimate of drug-likeness (QED) is 0.695. The van der Waals surface area contributed by atoms with E-state index in [1.54, 1.807) is 14.0 Å². The summed E-state index contributed by atoms with van der Waals surface area (Å²) in [6.07, 6.45) is 2.28. The molecule has 0 fully saturated rings. The molecule has 2 atom stereocenters. The van der Waals surface area contributed by atoms with Crippen molar-refractivity contribution in [3.8, 4) is 0 Å². The van der Waals surface area contributed by atoms with Crippen LogP contribution in [-0.4, -0.2) is 24.3 Å². The Balaban J connectivity index is 4.05. The molecule has 3 nitrogen and oxygen atoms in total. The van der Waals surface area contributed by atoms with Crippen LogP contribution in [0.25, 0.3) is 0 Å². The molecule has 0 heterocycles. The van der Waals surface area contributed by atoms with Crippen molar-refractivity contribution < 1.29 is 14.6 Å². The molecule has 0 aliphatic rings. The highest BCUT2D eigenvalue weighted by molar-refractivity contribution is 5.73. The molecule has 0 saturated carbocycles. The average molecular weight is 188 g/mol. The number of hydrogen-bond donors (Lipinski definition) is 1. The largest absolute Gasteiger partial charge is 0.481 e. The first-order valence-electron chi connectivity index (χ1n) is 4.72. The predicted octanol–water partition coefficient (Wildman–Crippen LogP) is 2.30. The van der Waals surface area contributed by atoms with Crippen LogP contribution < -0.4 is 0 Å². The van der Waals surface area contributed by atoms with E-state index in [0.29, 0.717) is 12.8 Å². The third-order valence-corrected chi connectivity index (χ3v) is 2.80. The zero-order chi connectivity index (χ0) is 10.5. The van der Waals surface area contributed by atoms with E-state index in [4.69, 9.17) is 9.84 Å². The van der Waals surface area contributed by atoms with Gasteiger partial charge in [-0.3, -0.25) is 4.79 Å². The predicted molar refractivity (Wildman–Crippen MR) is 51.7 cm³/mol. The van der Waals surface area contributed by atoms with Gasteiger partial charge in [-0.1, -0.05) is 6.92 Å². The monoisotopic (exact) mass is 188 g/mol. The minimum atomic E-state index is -0.710. The maximum atomic E-state index is 10.9. The number of aliphatic carboxylic acids is 1. The van der Waals surface area contributed by atoms with Crippen molar-refractivity contribution >= 4 is 5.97 Å². The number of ether oxygens (including phenoxy) is 1. The number of carboxylic acids is 1. The van der Waals surface area contributed by atoms with Crippen LogP contribution in [0.15, 0.2) is 0 Å². The fourth-order valence-electron chi connectivity index (χ4n) is 1.07. The first-order chi connectivity index (χ1) is 5.96. The van der Waals surface area contributed by atoms with Gasteiger partial charge in [0.05, 0.1) is 11.5 Å². The molecule has 0 aromatic carbocycles. The maximum absolute atomic E-state index is 10.9. The molecule has 3 heteroatoms. The first kappa shape index (κ1) is 12.4. The van der Waals surface area contributed by atoms with Crippen molar-refractivity contribution in [2.75, 3.05) is 7.11 Å². The van der Waals surface area contributed by atoms with E-state index in [-0.39, 0.29) is 6.10 Å². The molecule has 0 amide bonds. The van der Waals surface area contributed by atoms with Gasteiger partial charge in [0.1, 0.15) is 0 Å². The van der Waals surface area contributed by atoms with Gasteiger partial charge in [0.25, 0.3) is 0 Å². The standard InChI is InChI=1S/C10H20O3/c1-5-10(3,9(11)12)7-6-8(2)13-4/h8H,5-7H2,1-4H3,(H,11,12). The molecule has 78 valence electrons. The summed E-state index contributed by atoms with van der Waals surface area (Å²) in [5.74, 6) is -0.710. The van der Waals surface area contributed by atoms with E-state index in [1.165, 1.54) is 0 Å². The highest BCUT2D eigenvalue weighted by Crippen LogP contribution is 2.28. The lowest BCUT2D eigenvalue weighted by Gasteiger charge is -2.24. The Morgan fingerprint density at radius 3 is 2.46 bits per heavy atom. The van der Waals surface area contributed by atoms with Gasteiger partial charge in [0.15, 0.2) is 0 Å². The van der Waals surface area contributed by atoms with Crippen LogP contribution in [0.2, 0.25) is 0 Å². The summed E-state index contributed by atoms with van der Waals surface area (Å²) in [6, 6.07) is 0. The average Bonchev–Trinajstić information content (AvgIpc) is 2.13. The topological polar surface area (TPSA) is 46.5 Å². The van der Waals surface area contributed by atoms with Gasteiger partial charge in [-0.25, -0.2) is 0 Å². The van der Waals surface area contributed by atoms with Crippen LogP contribution in [0.5, 0.6) is 0 Å². The Kier molecular flexibility index (Phi) is 4.99. The Morgan fingerprint density at radius 2 is 2.15 bits per heavy atom. The van der Waals surface area contributed by atoms with Crippen LogP contribution in [0.3, 0.4) is 0 Å². The lowest BCUT2D eigenvalue weighted by atomic mass is 9.82. The molecule has 0 aromatic rings. The number of carbonyl (C=O) groups is 1. The Labute approximate surface area is 80.1 Å².